The van der Waals surface area contributed by atoms with Gasteiger partial charge < -0.3 is 19.9 Å². The van der Waals surface area contributed by atoms with Crippen LogP contribution in [0.15, 0.2) is 0 Å². The molecule has 2 amide bonds. The Labute approximate surface area is 108 Å². The monoisotopic (exact) mass is 257 g/mol. The van der Waals surface area contributed by atoms with E-state index >= 15 is 0 Å². The lowest BCUT2D eigenvalue weighted by Crippen LogP contribution is -2.51. The minimum absolute atomic E-state index is 0.000202. The van der Waals surface area contributed by atoms with Crippen LogP contribution in [0.1, 0.15) is 12.8 Å². The fourth-order valence-corrected chi connectivity index (χ4v) is 1.99. The lowest BCUT2D eigenvalue weighted by molar-refractivity contribution is -0.141. The van der Waals surface area contributed by atoms with Gasteiger partial charge in [-0.15, -0.1) is 0 Å². The highest BCUT2D eigenvalue weighted by Crippen LogP contribution is 2.05. The van der Waals surface area contributed by atoms with Crippen LogP contribution in [0.25, 0.3) is 0 Å². The normalized spacial score (nSPS) is 15.9. The molecule has 0 aromatic carbocycles. The SMILES string of the molecule is CNCCCC(=O)N1CCN(C(=O)COC)CC1. The van der Waals surface area contributed by atoms with E-state index in [0.29, 0.717) is 32.6 Å². The number of hydrogen-bond acceptors (Lipinski definition) is 4. The maximum Gasteiger partial charge on any atom is 0.248 e. The number of piperazine rings is 1. The van der Waals surface area contributed by atoms with E-state index in [2.05, 4.69) is 5.32 Å². The largest absolute Gasteiger partial charge is 0.375 e. The molecule has 0 aliphatic carbocycles. The Hall–Kier alpha value is -1.14. The second-order valence-electron chi connectivity index (χ2n) is 4.40. The van der Waals surface area contributed by atoms with Gasteiger partial charge >= 0.3 is 0 Å². The predicted octanol–water partition coefficient (Wildman–Crippen LogP) is -0.697. The second-order valence-corrected chi connectivity index (χ2v) is 4.40. The van der Waals surface area contributed by atoms with Crippen LogP contribution in [-0.2, 0) is 14.3 Å². The molecule has 0 saturated carbocycles. The summed E-state index contributed by atoms with van der Waals surface area (Å²) in [6.45, 7) is 3.47. The van der Waals surface area contributed by atoms with E-state index < -0.39 is 0 Å². The molecule has 6 nitrogen and oxygen atoms in total. The van der Waals surface area contributed by atoms with E-state index in [4.69, 9.17) is 4.74 Å². The summed E-state index contributed by atoms with van der Waals surface area (Å²) in [5, 5.41) is 3.02. The van der Waals surface area contributed by atoms with Crippen LogP contribution in [0.4, 0.5) is 0 Å². The highest BCUT2D eigenvalue weighted by atomic mass is 16.5. The summed E-state index contributed by atoms with van der Waals surface area (Å²) in [5.41, 5.74) is 0. The standard InChI is InChI=1S/C12H23N3O3/c1-13-5-3-4-11(16)14-6-8-15(9-7-14)12(17)10-18-2/h13H,3-10H2,1-2H3. The van der Waals surface area contributed by atoms with Gasteiger partial charge in [0.1, 0.15) is 6.61 Å². The number of amides is 2. The van der Waals surface area contributed by atoms with Crippen molar-refractivity contribution in [1.82, 2.24) is 15.1 Å². The molecule has 0 bridgehead atoms. The summed E-state index contributed by atoms with van der Waals surface area (Å²) in [5.74, 6) is 0.184. The van der Waals surface area contributed by atoms with Crippen molar-refractivity contribution in [3.05, 3.63) is 0 Å². The predicted molar refractivity (Wildman–Crippen MR) is 68.2 cm³/mol. The van der Waals surface area contributed by atoms with Crippen molar-refractivity contribution in [3.8, 4) is 0 Å². The molecule has 6 heteroatoms. The summed E-state index contributed by atoms with van der Waals surface area (Å²) in [7, 11) is 3.39. The zero-order chi connectivity index (χ0) is 13.4. The minimum Gasteiger partial charge on any atom is -0.375 e. The van der Waals surface area contributed by atoms with E-state index in [0.717, 1.165) is 13.0 Å². The molecule has 0 aromatic heterocycles. The summed E-state index contributed by atoms with van der Waals surface area (Å²) >= 11 is 0. The number of ether oxygens (including phenoxy) is 1. The quantitative estimate of drug-likeness (QED) is 0.639. The Morgan fingerprint density at radius 3 is 2.17 bits per heavy atom. The first kappa shape index (κ1) is 14.9. The third-order valence-corrected chi connectivity index (χ3v) is 3.07. The molecule has 1 N–H and O–H groups in total. The molecule has 18 heavy (non-hydrogen) atoms. The zero-order valence-corrected chi connectivity index (χ0v) is 11.3. The van der Waals surface area contributed by atoms with Crippen molar-refractivity contribution >= 4 is 11.8 Å². The van der Waals surface area contributed by atoms with Crippen molar-refractivity contribution in [3.63, 3.8) is 0 Å². The van der Waals surface area contributed by atoms with Gasteiger partial charge in [-0.3, -0.25) is 9.59 Å². The van der Waals surface area contributed by atoms with E-state index in [1.54, 1.807) is 4.90 Å². The van der Waals surface area contributed by atoms with Gasteiger partial charge in [-0.05, 0) is 20.0 Å². The first-order chi connectivity index (χ1) is 8.69. The van der Waals surface area contributed by atoms with Gasteiger partial charge in [-0.25, -0.2) is 0 Å². The summed E-state index contributed by atoms with van der Waals surface area (Å²) in [6, 6.07) is 0. The lowest BCUT2D eigenvalue weighted by atomic mass is 10.2. The van der Waals surface area contributed by atoms with Crippen LogP contribution < -0.4 is 5.32 Å². The van der Waals surface area contributed by atoms with Crippen molar-refractivity contribution in [2.24, 2.45) is 0 Å². The van der Waals surface area contributed by atoms with Crippen LogP contribution in [0.3, 0.4) is 0 Å². The molecule has 1 heterocycles. The van der Waals surface area contributed by atoms with E-state index in [1.807, 2.05) is 11.9 Å². The molecular formula is C12H23N3O3. The fraction of sp³-hybridized carbons (Fsp3) is 0.833. The molecule has 1 rings (SSSR count). The van der Waals surface area contributed by atoms with Gasteiger partial charge in [0, 0.05) is 39.7 Å². The molecule has 1 fully saturated rings. The highest BCUT2D eigenvalue weighted by molar-refractivity contribution is 5.79. The number of carbonyl (C=O) groups excluding carboxylic acids is 2. The molecule has 0 unspecified atom stereocenters. The smallest absolute Gasteiger partial charge is 0.248 e. The van der Waals surface area contributed by atoms with Crippen molar-refractivity contribution < 1.29 is 14.3 Å². The Morgan fingerprint density at radius 2 is 1.67 bits per heavy atom. The maximum absolute atomic E-state index is 11.8. The first-order valence-corrected chi connectivity index (χ1v) is 6.38. The Morgan fingerprint density at radius 1 is 1.11 bits per heavy atom. The topological polar surface area (TPSA) is 61.9 Å². The fourth-order valence-electron chi connectivity index (χ4n) is 1.99. The van der Waals surface area contributed by atoms with Crippen molar-refractivity contribution in [2.45, 2.75) is 12.8 Å². The van der Waals surface area contributed by atoms with E-state index in [1.165, 1.54) is 7.11 Å². The number of carbonyl (C=O) groups is 2. The summed E-state index contributed by atoms with van der Waals surface area (Å²) in [6.07, 6.45) is 1.44. The number of methoxy groups -OCH3 is 1. The van der Waals surface area contributed by atoms with Gasteiger partial charge in [-0.1, -0.05) is 0 Å². The third kappa shape index (κ3) is 4.62. The minimum atomic E-state index is -0.000202. The Bertz CT molecular complexity index is 276. The number of hydrogen-bond donors (Lipinski definition) is 1. The third-order valence-electron chi connectivity index (χ3n) is 3.07. The molecule has 0 radical (unpaired) electrons. The van der Waals surface area contributed by atoms with Crippen LogP contribution in [0.2, 0.25) is 0 Å². The molecule has 1 aliphatic heterocycles. The van der Waals surface area contributed by atoms with Crippen LogP contribution >= 0.6 is 0 Å². The molecule has 1 aliphatic rings. The van der Waals surface area contributed by atoms with Crippen LogP contribution in [0.5, 0.6) is 0 Å². The molecular weight excluding hydrogens is 234 g/mol. The van der Waals surface area contributed by atoms with Crippen molar-refractivity contribution in [2.75, 3.05) is 53.5 Å². The number of nitrogens with zero attached hydrogens (tertiary/aromatic N) is 2. The number of nitrogens with one attached hydrogen (secondary N) is 1. The Balaban J connectivity index is 2.26. The van der Waals surface area contributed by atoms with Gasteiger partial charge in [0.2, 0.25) is 11.8 Å². The second kappa shape index (κ2) is 8.05. The van der Waals surface area contributed by atoms with Gasteiger partial charge in [0.05, 0.1) is 0 Å². The highest BCUT2D eigenvalue weighted by Gasteiger charge is 2.23. The average Bonchev–Trinajstić information content (AvgIpc) is 2.39. The van der Waals surface area contributed by atoms with Gasteiger partial charge in [0.25, 0.3) is 0 Å². The zero-order valence-electron chi connectivity index (χ0n) is 11.3. The Kier molecular flexibility index (Phi) is 6.67. The molecule has 0 atom stereocenters. The molecule has 0 spiro atoms. The van der Waals surface area contributed by atoms with Crippen molar-refractivity contribution in [1.29, 1.82) is 0 Å². The molecule has 1 saturated heterocycles. The van der Waals surface area contributed by atoms with Gasteiger partial charge in [0.15, 0.2) is 0 Å². The van der Waals surface area contributed by atoms with E-state index in [9.17, 15) is 9.59 Å². The molecule has 104 valence electrons. The van der Waals surface area contributed by atoms with E-state index in [-0.39, 0.29) is 18.4 Å². The first-order valence-electron chi connectivity index (χ1n) is 6.38. The maximum atomic E-state index is 11.8. The van der Waals surface area contributed by atoms with Crippen LogP contribution in [0, 0.1) is 0 Å². The lowest BCUT2D eigenvalue weighted by Gasteiger charge is -2.34. The van der Waals surface area contributed by atoms with Crippen LogP contribution in [-0.4, -0.2) is 75.1 Å². The average molecular weight is 257 g/mol. The number of rotatable bonds is 6. The summed E-state index contributed by atoms with van der Waals surface area (Å²) < 4.78 is 4.82. The van der Waals surface area contributed by atoms with Gasteiger partial charge in [-0.2, -0.15) is 0 Å². The molecule has 0 aromatic rings. The summed E-state index contributed by atoms with van der Waals surface area (Å²) in [4.78, 5) is 27.0.